The second kappa shape index (κ2) is 38.6. The van der Waals surface area contributed by atoms with Crippen molar-refractivity contribution in [2.75, 3.05) is 65.8 Å². The fourth-order valence-corrected chi connectivity index (χ4v) is 8.55. The number of Topliss-reactive ketones (excluding diaryl/α,β-unsaturated/α-hetero) is 2. The molecule has 10 rings (SSSR count). The minimum atomic E-state index is -0.485. The molecule has 2 amide bonds. The summed E-state index contributed by atoms with van der Waals surface area (Å²) in [5.74, 6) is 0.221. The predicted octanol–water partition coefficient (Wildman–Crippen LogP) is -0.650. The van der Waals surface area contributed by atoms with Gasteiger partial charge in [-0.15, -0.1) is 25.5 Å². The van der Waals surface area contributed by atoms with Crippen molar-refractivity contribution in [1.29, 1.82) is 0 Å². The van der Waals surface area contributed by atoms with Crippen molar-refractivity contribution in [3.05, 3.63) is 25.5 Å². The first-order chi connectivity index (χ1) is 24.5. The molecule has 10 aliphatic rings. The monoisotopic (exact) mass is 1910 g/mol. The van der Waals surface area contributed by atoms with Crippen LogP contribution >= 0.6 is 12.4 Å². The number of nitrogens with zero attached hydrogens (tertiary/aromatic N) is 4. The maximum absolute atomic E-state index is 11.3. The molecule has 0 bridgehead atoms. The number of aliphatic hydroxyl groups is 3. The third-order valence-corrected chi connectivity index (χ3v) is 11.2. The van der Waals surface area contributed by atoms with Gasteiger partial charge in [-0.1, -0.05) is 6.04 Å². The average molecular weight is 1910 g/mol. The number of hydrogen-bond acceptors (Lipinski definition) is 13. The van der Waals surface area contributed by atoms with Crippen LogP contribution in [0.2, 0.25) is 0 Å². The van der Waals surface area contributed by atoms with Gasteiger partial charge in [0.25, 0.3) is 0 Å². The minimum absolute atomic E-state index is 0. The van der Waals surface area contributed by atoms with Gasteiger partial charge in [-0.25, -0.2) is 0 Å². The first-order valence-corrected chi connectivity index (χ1v) is 18.3. The molecule has 0 aromatic carbocycles. The van der Waals surface area contributed by atoms with E-state index in [1.807, 2.05) is 0 Å². The van der Waals surface area contributed by atoms with E-state index in [4.69, 9.17) is 23.7 Å². The zero-order valence-corrected chi connectivity index (χ0v) is 59.2. The van der Waals surface area contributed by atoms with Gasteiger partial charge in [0.15, 0.2) is 5.78 Å². The number of rotatable bonds is 0. The molecular formula is C36H60ClN5O12U2V2W2Y2-4. The van der Waals surface area contributed by atoms with Gasteiger partial charge in [0.2, 0.25) is 11.8 Å². The maximum Gasteiger partial charge on any atom is 0.220 e. The molecule has 10 saturated heterocycles. The predicted molar refractivity (Wildman–Crippen MR) is 198 cm³/mol. The van der Waals surface area contributed by atoms with Crippen molar-refractivity contribution in [3.63, 3.8) is 0 Å². The standard InChI is InChI=1S/C8H13NO3.C8H11NO3.C6H11NO2.C6H10NO2.C6H8NO2.2CH3.ClH.2U.2V.2W.2Y/c2*1-5(10)9-3-2-7-8(9)6(11)4-12-7;3*8-4-3-9-5-1-2-7-6(4)5;;;;;;;;;;;/h6-8,11H,2-4H2,1H3;7-8H,2-4H2,1H3;4-8H,1-3H2;4-6,8H,1-3H2;5-6H,1-3H2;2*1H3;1H;;;;;;;;/q;;;4*-1;;;;;;;;;. The van der Waals surface area contributed by atoms with Crippen LogP contribution in [-0.4, -0.2) is 193 Å². The number of carbonyl (C=O) groups is 4. The fourth-order valence-electron chi connectivity index (χ4n) is 8.55. The molecule has 4 radical (unpaired) electrons. The van der Waals surface area contributed by atoms with E-state index in [9.17, 15) is 34.5 Å². The number of ketones is 2. The van der Waals surface area contributed by atoms with Crippen LogP contribution in [0.3, 0.4) is 0 Å². The summed E-state index contributed by atoms with van der Waals surface area (Å²) in [6.07, 6.45) is 4.30. The number of likely N-dealkylation sites (tertiary alicyclic amines) is 2. The number of amides is 2. The van der Waals surface area contributed by atoms with Gasteiger partial charge < -0.3 is 79.6 Å². The number of fused-ring (bicyclic) bond motifs is 5. The van der Waals surface area contributed by atoms with Gasteiger partial charge in [-0.2, -0.15) is 0 Å². The van der Waals surface area contributed by atoms with Crippen molar-refractivity contribution >= 4 is 35.8 Å². The third kappa shape index (κ3) is 20.5. The summed E-state index contributed by atoms with van der Waals surface area (Å²) in [7, 11) is 0. The van der Waals surface area contributed by atoms with Crippen LogP contribution in [0.25, 0.3) is 10.6 Å². The Morgan fingerprint density at radius 1 is 0.645 bits per heavy atom. The Bertz CT molecular complexity index is 1280. The molecular weight excluding hydrogens is 1850 g/mol. The minimum Gasteiger partial charge on any atom is -0.655 e. The van der Waals surface area contributed by atoms with Crippen LogP contribution in [0, 0.1) is 77.1 Å². The smallest absolute Gasteiger partial charge is 0.220 e. The summed E-state index contributed by atoms with van der Waals surface area (Å²) in [5.41, 5.74) is 0. The van der Waals surface area contributed by atoms with Gasteiger partial charge in [0.1, 0.15) is 31.1 Å². The molecule has 17 nitrogen and oxygen atoms in total. The number of nitrogens with one attached hydrogen (secondary N) is 1. The molecule has 0 aromatic heterocycles. The fraction of sp³-hybridized carbons (Fsp3) is 0.833. The second-order valence-corrected chi connectivity index (χ2v) is 14.5. The van der Waals surface area contributed by atoms with Crippen molar-refractivity contribution in [1.82, 2.24) is 15.1 Å². The molecule has 10 heterocycles. The summed E-state index contributed by atoms with van der Waals surface area (Å²) >= 11 is 0. The number of hydrogen-bond donors (Lipinski definition) is 4. The molecule has 13 unspecified atom stereocenters. The van der Waals surface area contributed by atoms with Crippen LogP contribution in [0.1, 0.15) is 46.0 Å². The number of aliphatic hydroxyl groups excluding tert-OH is 3. The quantitative estimate of drug-likeness (QED) is 0.222. The van der Waals surface area contributed by atoms with Gasteiger partial charge in [0, 0.05) is 246 Å². The molecule has 0 aromatic rings. The summed E-state index contributed by atoms with van der Waals surface area (Å²) in [5, 5.41) is 39.4. The molecule has 10 aliphatic heterocycles. The number of carbonyl (C=O) groups excluding carboxylic acids is 4. The van der Waals surface area contributed by atoms with Crippen LogP contribution in [-0.2, 0) is 188 Å². The zero-order chi connectivity index (χ0) is 36.2. The van der Waals surface area contributed by atoms with E-state index in [-0.39, 0.29) is 331 Å². The van der Waals surface area contributed by atoms with Crippen LogP contribution < -0.4 is 5.32 Å². The summed E-state index contributed by atoms with van der Waals surface area (Å²) in [6, 6.07) is -0.120. The van der Waals surface area contributed by atoms with E-state index in [1.54, 1.807) is 9.80 Å². The third-order valence-electron chi connectivity index (χ3n) is 11.2. The van der Waals surface area contributed by atoms with E-state index < -0.39 is 6.10 Å². The van der Waals surface area contributed by atoms with Gasteiger partial charge in [-0.3, -0.25) is 19.2 Å². The maximum atomic E-state index is 11.3. The Kier molecular flexibility index (Phi) is 48.8. The van der Waals surface area contributed by atoms with Gasteiger partial charge in [-0.05, 0) is 44.7 Å². The Morgan fingerprint density at radius 3 is 1.74 bits per heavy atom. The Hall–Kier alpha value is 4.99. The van der Waals surface area contributed by atoms with E-state index in [0.29, 0.717) is 39.1 Å². The van der Waals surface area contributed by atoms with Crippen LogP contribution in [0.15, 0.2) is 0 Å². The average Bonchev–Trinajstić information content (AvgIpc) is 3.94. The van der Waals surface area contributed by atoms with E-state index in [2.05, 4.69) is 16.0 Å². The summed E-state index contributed by atoms with van der Waals surface area (Å²) < 4.78 is 26.2. The molecule has 10 fully saturated rings. The Balaban J connectivity index is -0.000000152. The summed E-state index contributed by atoms with van der Waals surface area (Å²) in [6.45, 7) is 8.93. The van der Waals surface area contributed by atoms with E-state index in [0.717, 1.165) is 58.3 Å². The van der Waals surface area contributed by atoms with E-state index >= 15 is 0 Å². The number of halogens is 1. The van der Waals surface area contributed by atoms with Gasteiger partial charge >= 0.3 is 0 Å². The second-order valence-electron chi connectivity index (χ2n) is 14.5. The molecule has 26 heteroatoms. The van der Waals surface area contributed by atoms with Crippen LogP contribution in [0.4, 0.5) is 0 Å². The SMILES string of the molecule is CC(=O)N1CCC2OCC(=O)C21.CC(=O)N1CCC2OCC(O)C21.Cl.O=C1COC2CC[N-]C12.OC1COC2CCNC12.OC1COC2CC[N-]C12.[CH3-].[CH3-].[U].[U].[V].[V].[W].[W].[Y].[Y]. The molecule has 4 N–H and O–H groups in total. The topological polar surface area (TPSA) is 222 Å². The largest absolute Gasteiger partial charge is 0.655 e. The normalized spacial score (nSPS) is 34.8. The molecule has 0 saturated carbocycles. The van der Waals surface area contributed by atoms with Crippen LogP contribution in [0.5, 0.6) is 0 Å². The molecule has 0 aliphatic carbocycles. The zero-order valence-electron chi connectivity index (χ0n) is 35.7. The van der Waals surface area contributed by atoms with E-state index in [1.165, 1.54) is 13.8 Å². The number of ether oxygens (including phenoxy) is 5. The summed E-state index contributed by atoms with van der Waals surface area (Å²) in [4.78, 5) is 47.6. The van der Waals surface area contributed by atoms with Crippen molar-refractivity contribution in [2.24, 2.45) is 0 Å². The molecule has 13 atom stereocenters. The molecule has 0 spiro atoms. The molecule has 348 valence electrons. The van der Waals surface area contributed by atoms with Crippen molar-refractivity contribution in [3.8, 4) is 0 Å². The first kappa shape index (κ1) is 78.4. The Labute approximate surface area is 524 Å². The molecule has 62 heavy (non-hydrogen) atoms. The van der Waals surface area contributed by atoms with Gasteiger partial charge in [0.05, 0.1) is 62.4 Å². The Morgan fingerprint density at radius 2 is 1.15 bits per heavy atom. The van der Waals surface area contributed by atoms with Crippen molar-refractivity contribution < 1.29 is 265 Å². The van der Waals surface area contributed by atoms with Crippen molar-refractivity contribution in [2.45, 2.75) is 125 Å². The first-order valence-electron chi connectivity index (χ1n) is 18.3.